The molecule has 34 heavy (non-hydrogen) atoms. The largest absolute Gasteiger partial charge is 0.394 e. The molecular weight excluding hydrogens is 440 g/mol. The highest BCUT2D eigenvalue weighted by Crippen LogP contribution is 2.21. The number of aliphatic hydroxyl groups is 3. The quantitative estimate of drug-likeness (QED) is 0.147. The summed E-state index contributed by atoms with van der Waals surface area (Å²) in [6.07, 6.45) is 12.8. The van der Waals surface area contributed by atoms with Crippen LogP contribution in [0.15, 0.2) is 12.2 Å². The smallest absolute Gasteiger partial charge is 0.239 e. The molecule has 5 atom stereocenters. The minimum atomic E-state index is -1.38. The predicted molar refractivity (Wildman–Crippen MR) is 130 cm³/mol. The summed E-state index contributed by atoms with van der Waals surface area (Å²) in [5.74, 6) is -0.735. The first-order valence-corrected chi connectivity index (χ1v) is 12.8. The number of aliphatic hydroxyl groups excluding tert-OH is 3. The lowest BCUT2D eigenvalue weighted by Crippen LogP contribution is -2.65. The number of methoxy groups -OCH3 is 1. The lowest BCUT2D eigenvalue weighted by Gasteiger charge is -2.41. The Hall–Kier alpha value is -1.52. The Morgan fingerprint density at radius 3 is 2.15 bits per heavy atom. The Bertz CT molecular complexity index is 586. The monoisotopic (exact) mass is 486 g/mol. The second-order valence-electron chi connectivity index (χ2n) is 8.94. The minimum Gasteiger partial charge on any atom is -0.394 e. The van der Waals surface area contributed by atoms with Crippen molar-refractivity contribution in [1.82, 2.24) is 10.6 Å². The average Bonchev–Trinajstić information content (AvgIpc) is 2.83. The summed E-state index contributed by atoms with van der Waals surface area (Å²) in [7, 11) is 1.33. The first-order valence-electron chi connectivity index (χ1n) is 12.8. The number of unbranched alkanes of at least 4 members (excludes halogenated alkanes) is 9. The molecule has 0 saturated carbocycles. The molecule has 0 aromatic rings. The number of carbonyl (C=O) groups excluding carboxylic acids is 2. The lowest BCUT2D eigenvalue weighted by atomic mass is 9.97. The van der Waals surface area contributed by atoms with Gasteiger partial charge in [0, 0.05) is 13.5 Å². The molecule has 1 aliphatic rings. The van der Waals surface area contributed by atoms with Crippen molar-refractivity contribution in [3.8, 4) is 0 Å². The van der Waals surface area contributed by atoms with Gasteiger partial charge in [0.25, 0.3) is 0 Å². The molecule has 198 valence electrons. The number of ether oxygens (including phenoxy) is 2. The van der Waals surface area contributed by atoms with E-state index in [2.05, 4.69) is 29.7 Å². The molecule has 0 aromatic heterocycles. The fourth-order valence-corrected chi connectivity index (χ4v) is 3.94. The summed E-state index contributed by atoms with van der Waals surface area (Å²) in [6.45, 7) is 1.48. The van der Waals surface area contributed by atoms with Gasteiger partial charge in [0.05, 0.1) is 13.2 Å². The standard InChI is InChI=1S/C25H46N2O7/c1-3-4-5-6-7-8-9-10-11-12-13-14-15-16-20(29)26-17-21(30)27-22-24(32)23(31)19(18-28)34-25(22)33-2/h8-9,19,22-25,28,31-32H,3-7,10-18H2,1-2H3,(H,26,29)(H,27,30)/b9-8-. The Balaban J connectivity index is 2.10. The van der Waals surface area contributed by atoms with Crippen LogP contribution in [-0.4, -0.2) is 78.0 Å². The van der Waals surface area contributed by atoms with Crippen LogP contribution in [-0.2, 0) is 19.1 Å². The number of amides is 2. The van der Waals surface area contributed by atoms with Crippen molar-refractivity contribution in [2.24, 2.45) is 0 Å². The maximum atomic E-state index is 12.2. The van der Waals surface area contributed by atoms with Crippen LogP contribution < -0.4 is 10.6 Å². The molecule has 1 heterocycles. The van der Waals surface area contributed by atoms with Crippen molar-refractivity contribution in [2.45, 2.75) is 115 Å². The van der Waals surface area contributed by atoms with Crippen LogP contribution >= 0.6 is 0 Å². The van der Waals surface area contributed by atoms with Crippen molar-refractivity contribution < 1.29 is 34.4 Å². The van der Waals surface area contributed by atoms with E-state index in [4.69, 9.17) is 9.47 Å². The number of hydrogen-bond acceptors (Lipinski definition) is 7. The molecule has 1 aliphatic heterocycles. The summed E-state index contributed by atoms with van der Waals surface area (Å²) < 4.78 is 10.5. The van der Waals surface area contributed by atoms with Crippen molar-refractivity contribution in [2.75, 3.05) is 20.3 Å². The number of nitrogens with one attached hydrogen (secondary N) is 2. The molecule has 1 rings (SSSR count). The van der Waals surface area contributed by atoms with Crippen molar-refractivity contribution >= 4 is 11.8 Å². The summed E-state index contributed by atoms with van der Waals surface area (Å²) >= 11 is 0. The van der Waals surface area contributed by atoms with E-state index in [0.717, 1.165) is 32.1 Å². The van der Waals surface area contributed by atoms with Crippen LogP contribution in [0.4, 0.5) is 0 Å². The van der Waals surface area contributed by atoms with Gasteiger partial charge in [-0.15, -0.1) is 0 Å². The number of rotatable bonds is 18. The zero-order valence-corrected chi connectivity index (χ0v) is 20.9. The molecule has 1 fully saturated rings. The van der Waals surface area contributed by atoms with Crippen LogP contribution in [0, 0.1) is 0 Å². The highest BCUT2D eigenvalue weighted by Gasteiger charge is 2.45. The fourth-order valence-electron chi connectivity index (χ4n) is 3.94. The van der Waals surface area contributed by atoms with Crippen LogP contribution in [0.5, 0.6) is 0 Å². The first-order chi connectivity index (χ1) is 16.4. The third-order valence-corrected chi connectivity index (χ3v) is 6.05. The molecule has 9 nitrogen and oxygen atoms in total. The second kappa shape index (κ2) is 18.8. The molecule has 5 unspecified atom stereocenters. The van der Waals surface area contributed by atoms with E-state index in [1.807, 2.05) is 0 Å². The molecule has 5 N–H and O–H groups in total. The zero-order valence-electron chi connectivity index (χ0n) is 20.9. The highest BCUT2D eigenvalue weighted by molar-refractivity contribution is 5.84. The van der Waals surface area contributed by atoms with Gasteiger partial charge in [-0.25, -0.2) is 0 Å². The van der Waals surface area contributed by atoms with E-state index in [1.54, 1.807) is 0 Å². The van der Waals surface area contributed by atoms with E-state index in [-0.39, 0.29) is 12.5 Å². The predicted octanol–water partition coefficient (Wildman–Crippen LogP) is 1.93. The highest BCUT2D eigenvalue weighted by atomic mass is 16.7. The van der Waals surface area contributed by atoms with Crippen molar-refractivity contribution in [3.05, 3.63) is 12.2 Å². The summed E-state index contributed by atoms with van der Waals surface area (Å²) in [6, 6.07) is -1.02. The first kappa shape index (κ1) is 30.5. The number of hydrogen-bond donors (Lipinski definition) is 5. The Labute approximate surface area is 204 Å². The molecule has 0 bridgehead atoms. The van der Waals surface area contributed by atoms with Crippen LogP contribution in [0.3, 0.4) is 0 Å². The molecule has 2 amide bonds. The number of carbonyl (C=O) groups is 2. The topological polar surface area (TPSA) is 137 Å². The molecule has 1 saturated heterocycles. The van der Waals surface area contributed by atoms with Crippen LogP contribution in [0.25, 0.3) is 0 Å². The minimum absolute atomic E-state index is 0.203. The van der Waals surface area contributed by atoms with E-state index in [0.29, 0.717) is 6.42 Å². The fraction of sp³-hybridized carbons (Fsp3) is 0.840. The Morgan fingerprint density at radius 1 is 0.912 bits per heavy atom. The zero-order chi connectivity index (χ0) is 25.2. The van der Waals surface area contributed by atoms with E-state index in [9.17, 15) is 24.9 Å². The summed E-state index contributed by atoms with van der Waals surface area (Å²) in [4.78, 5) is 24.2. The molecule has 0 radical (unpaired) electrons. The molecule has 9 heteroatoms. The second-order valence-corrected chi connectivity index (χ2v) is 8.94. The summed E-state index contributed by atoms with van der Waals surface area (Å²) in [5.41, 5.74) is 0. The van der Waals surface area contributed by atoms with E-state index < -0.39 is 43.2 Å². The van der Waals surface area contributed by atoms with E-state index in [1.165, 1.54) is 45.6 Å². The van der Waals surface area contributed by atoms with Gasteiger partial charge >= 0.3 is 0 Å². The molecule has 0 spiro atoms. The molecule has 0 aliphatic carbocycles. The third-order valence-electron chi connectivity index (χ3n) is 6.05. The molecule has 0 aromatic carbocycles. The SMILES string of the molecule is CCCCCC/C=C\CCCCCCCC(=O)NCC(=O)NC1C(OC)OC(CO)C(O)C1O. The normalized spacial score (nSPS) is 24.9. The van der Waals surface area contributed by atoms with Crippen molar-refractivity contribution in [3.63, 3.8) is 0 Å². The Morgan fingerprint density at radius 2 is 1.53 bits per heavy atom. The van der Waals surface area contributed by atoms with E-state index >= 15 is 0 Å². The van der Waals surface area contributed by atoms with Gasteiger partial charge in [-0.2, -0.15) is 0 Å². The third kappa shape index (κ3) is 12.3. The maximum absolute atomic E-state index is 12.2. The van der Waals surface area contributed by atoms with Gasteiger partial charge in [-0.1, -0.05) is 57.6 Å². The van der Waals surface area contributed by atoms with Crippen molar-refractivity contribution in [1.29, 1.82) is 0 Å². The lowest BCUT2D eigenvalue weighted by molar-refractivity contribution is -0.262. The van der Waals surface area contributed by atoms with Crippen LogP contribution in [0.1, 0.15) is 84.0 Å². The average molecular weight is 487 g/mol. The van der Waals surface area contributed by atoms with Gasteiger partial charge in [-0.05, 0) is 32.1 Å². The Kier molecular flexibility index (Phi) is 16.8. The number of allylic oxidation sites excluding steroid dienone is 2. The van der Waals surface area contributed by atoms with Gasteiger partial charge in [0.15, 0.2) is 6.29 Å². The molecular formula is C25H46N2O7. The van der Waals surface area contributed by atoms with Gasteiger partial charge in [0.1, 0.15) is 24.4 Å². The van der Waals surface area contributed by atoms with Gasteiger partial charge in [-0.3, -0.25) is 9.59 Å². The summed E-state index contributed by atoms with van der Waals surface area (Å²) in [5, 5.41) is 34.5. The van der Waals surface area contributed by atoms with Gasteiger partial charge in [0.2, 0.25) is 11.8 Å². The maximum Gasteiger partial charge on any atom is 0.239 e. The van der Waals surface area contributed by atoms with Gasteiger partial charge < -0.3 is 35.4 Å². The van der Waals surface area contributed by atoms with Crippen LogP contribution in [0.2, 0.25) is 0 Å².